The predicted octanol–water partition coefficient (Wildman–Crippen LogP) is 4.06. The van der Waals surface area contributed by atoms with Crippen LogP contribution in [0.1, 0.15) is 41.5 Å². The van der Waals surface area contributed by atoms with Crippen molar-refractivity contribution in [2.45, 2.75) is 54.0 Å². The third kappa shape index (κ3) is 5.02. The minimum Gasteiger partial charge on any atom is -0.432 e. The Labute approximate surface area is 134 Å². The summed E-state index contributed by atoms with van der Waals surface area (Å²) in [4.78, 5) is 8.23. The summed E-state index contributed by atoms with van der Waals surface area (Å²) in [7, 11) is 1.72. The Balaban J connectivity index is 2.78. The molecule has 0 aliphatic carbocycles. The van der Waals surface area contributed by atoms with Gasteiger partial charge >= 0.3 is 6.92 Å². The third-order valence-corrected chi connectivity index (χ3v) is 4.19. The van der Waals surface area contributed by atoms with E-state index in [1.165, 1.54) is 6.26 Å². The maximum Gasteiger partial charge on any atom is 0.320 e. The highest BCUT2D eigenvalue weighted by atomic mass is 16.5. The molecule has 1 rings (SSSR count). The molecule has 0 aromatic carbocycles. The number of nitrogens with zero attached hydrogens (tertiary/aromatic N) is 2. The second kappa shape index (κ2) is 7.14. The van der Waals surface area contributed by atoms with E-state index in [4.69, 9.17) is 9.07 Å². The highest BCUT2D eigenvalue weighted by Crippen LogP contribution is 2.34. The first-order valence-electron chi connectivity index (χ1n) is 7.56. The molecule has 1 aromatic heterocycles. The van der Waals surface area contributed by atoms with Crippen molar-refractivity contribution < 1.29 is 9.07 Å². The molecule has 0 saturated carbocycles. The molecule has 5 nitrogen and oxygen atoms in total. The van der Waals surface area contributed by atoms with E-state index in [0.717, 1.165) is 5.47 Å². The second-order valence-corrected chi connectivity index (χ2v) is 6.98. The summed E-state index contributed by atoms with van der Waals surface area (Å²) in [6.45, 7) is 14.9. The van der Waals surface area contributed by atoms with Gasteiger partial charge in [0.05, 0.1) is 11.8 Å². The maximum absolute atomic E-state index is 6.25. The smallest absolute Gasteiger partial charge is 0.320 e. The fraction of sp³-hybridized carbons (Fsp3) is 0.625. The Hall–Kier alpha value is -1.56. The van der Waals surface area contributed by atoms with Crippen LogP contribution < -0.4 is 5.32 Å². The number of aromatic nitrogens is 1. The molecule has 0 atom stereocenters. The van der Waals surface area contributed by atoms with Gasteiger partial charge in [-0.15, -0.1) is 0 Å². The lowest BCUT2D eigenvalue weighted by molar-refractivity contribution is -0.000379. The van der Waals surface area contributed by atoms with Gasteiger partial charge in [0.2, 0.25) is 0 Å². The van der Waals surface area contributed by atoms with Gasteiger partial charge in [0.15, 0.2) is 0 Å². The maximum atomic E-state index is 6.25. The van der Waals surface area contributed by atoms with Gasteiger partial charge in [0, 0.05) is 7.05 Å². The highest BCUT2D eigenvalue weighted by molar-refractivity contribution is 6.59. The van der Waals surface area contributed by atoms with E-state index >= 15 is 0 Å². The summed E-state index contributed by atoms with van der Waals surface area (Å²) in [5.41, 5.74) is 0.901. The van der Waals surface area contributed by atoms with Gasteiger partial charge in [-0.3, -0.25) is 10.3 Å². The van der Waals surface area contributed by atoms with E-state index in [9.17, 15) is 0 Å². The first-order chi connectivity index (χ1) is 10.1. The summed E-state index contributed by atoms with van der Waals surface area (Å²) in [5.74, 6) is 0.684. The second-order valence-electron chi connectivity index (χ2n) is 6.98. The molecule has 0 unspecified atom stereocenters. The van der Waals surface area contributed by atoms with Crippen LogP contribution in [-0.4, -0.2) is 30.4 Å². The minimum atomic E-state index is -0.235. The summed E-state index contributed by atoms with van der Waals surface area (Å²) in [6, 6.07) is 0.424. The van der Waals surface area contributed by atoms with Crippen LogP contribution in [0.25, 0.3) is 0 Å². The molecule has 1 N–H and O–H groups in total. The highest BCUT2D eigenvalue weighted by Gasteiger charge is 2.35. The molecule has 0 spiro atoms. The Kier molecular flexibility index (Phi) is 6.00. The van der Waals surface area contributed by atoms with Crippen LogP contribution in [0.3, 0.4) is 0 Å². The van der Waals surface area contributed by atoms with Crippen LogP contribution in [0.5, 0.6) is 0 Å². The SMILES string of the molecule is CN=C(C=C(C)B(C)OC(C)(C)C(C)(C)C)Nc1ncco1. The standard InChI is InChI=1S/C16H28BN3O2/c1-12(17(7)22-16(5,6)15(2,3)4)11-13(18-8)20-14-19-9-10-21-14/h9-11H,1-8H3,(H,18,19,20). The number of nitrogens with one attached hydrogen (secondary N) is 1. The van der Waals surface area contributed by atoms with Crippen molar-refractivity contribution >= 4 is 18.8 Å². The number of rotatable bonds is 5. The van der Waals surface area contributed by atoms with Crippen LogP contribution in [-0.2, 0) is 4.65 Å². The van der Waals surface area contributed by atoms with Crippen molar-refractivity contribution in [1.29, 1.82) is 0 Å². The van der Waals surface area contributed by atoms with Crippen molar-refractivity contribution in [2.24, 2.45) is 10.4 Å². The van der Waals surface area contributed by atoms with Gasteiger partial charge < -0.3 is 9.07 Å². The fourth-order valence-electron chi connectivity index (χ4n) is 1.60. The number of hydrogen-bond acceptors (Lipinski definition) is 4. The fourth-order valence-corrected chi connectivity index (χ4v) is 1.60. The minimum absolute atomic E-state index is 0.0164. The summed E-state index contributed by atoms with van der Waals surface area (Å²) in [5, 5.41) is 3.03. The van der Waals surface area contributed by atoms with E-state index in [-0.39, 0.29) is 17.9 Å². The van der Waals surface area contributed by atoms with Crippen LogP contribution >= 0.6 is 0 Å². The molecule has 0 bridgehead atoms. The zero-order valence-corrected chi connectivity index (χ0v) is 15.0. The molecule has 0 aliphatic heterocycles. The first kappa shape index (κ1) is 18.5. The lowest BCUT2D eigenvalue weighted by Crippen LogP contribution is -2.43. The monoisotopic (exact) mass is 305 g/mol. The number of anilines is 1. The van der Waals surface area contributed by atoms with Crippen LogP contribution in [0, 0.1) is 5.41 Å². The predicted molar refractivity (Wildman–Crippen MR) is 93.5 cm³/mol. The van der Waals surface area contributed by atoms with Crippen LogP contribution in [0.4, 0.5) is 6.01 Å². The van der Waals surface area contributed by atoms with Crippen molar-refractivity contribution in [3.8, 4) is 0 Å². The van der Waals surface area contributed by atoms with Crippen LogP contribution in [0.15, 0.2) is 33.4 Å². The number of hydrogen-bond donors (Lipinski definition) is 1. The zero-order valence-electron chi connectivity index (χ0n) is 15.0. The van der Waals surface area contributed by atoms with Crippen molar-refractivity contribution in [3.63, 3.8) is 0 Å². The lowest BCUT2D eigenvalue weighted by Gasteiger charge is -2.41. The topological polar surface area (TPSA) is 59.6 Å². The molecule has 0 amide bonds. The number of aliphatic imine (C=N–C) groups is 1. The molecule has 6 heteroatoms. The van der Waals surface area contributed by atoms with Gasteiger partial charge in [-0.05, 0) is 32.3 Å². The lowest BCUT2D eigenvalue weighted by atomic mass is 9.61. The van der Waals surface area contributed by atoms with Gasteiger partial charge in [-0.25, -0.2) is 4.98 Å². The van der Waals surface area contributed by atoms with Gasteiger partial charge in [-0.1, -0.05) is 33.1 Å². The molecule has 0 aliphatic rings. The Bertz CT molecular complexity index is 528. The van der Waals surface area contributed by atoms with E-state index in [1.807, 2.05) is 13.0 Å². The molecule has 1 aromatic rings. The van der Waals surface area contributed by atoms with Gasteiger partial charge in [0.1, 0.15) is 12.1 Å². The van der Waals surface area contributed by atoms with E-state index < -0.39 is 0 Å². The molecule has 0 fully saturated rings. The normalized spacial score (nSPS) is 14.2. The van der Waals surface area contributed by atoms with E-state index in [2.05, 4.69) is 56.7 Å². The van der Waals surface area contributed by atoms with E-state index in [0.29, 0.717) is 11.9 Å². The van der Waals surface area contributed by atoms with E-state index in [1.54, 1.807) is 13.2 Å². The number of allylic oxidation sites excluding steroid dienone is 1. The van der Waals surface area contributed by atoms with Crippen LogP contribution in [0.2, 0.25) is 6.82 Å². The summed E-state index contributed by atoms with van der Waals surface area (Å²) >= 11 is 0. The molecule has 0 saturated heterocycles. The number of oxazole rings is 1. The van der Waals surface area contributed by atoms with Crippen molar-refractivity contribution in [1.82, 2.24) is 4.98 Å². The summed E-state index contributed by atoms with van der Waals surface area (Å²) < 4.78 is 11.4. The van der Waals surface area contributed by atoms with Crippen molar-refractivity contribution in [3.05, 3.63) is 24.0 Å². The Morgan fingerprint density at radius 2 is 2.00 bits per heavy atom. The Morgan fingerprint density at radius 1 is 1.36 bits per heavy atom. The average Bonchev–Trinajstić information content (AvgIpc) is 2.88. The molecule has 1 heterocycles. The number of amidine groups is 1. The Morgan fingerprint density at radius 3 is 2.45 bits per heavy atom. The molecule has 122 valence electrons. The third-order valence-electron chi connectivity index (χ3n) is 4.19. The largest absolute Gasteiger partial charge is 0.432 e. The molecule has 0 radical (unpaired) electrons. The quantitative estimate of drug-likeness (QED) is 0.506. The van der Waals surface area contributed by atoms with Gasteiger partial charge in [0.25, 0.3) is 6.01 Å². The molecular formula is C16H28BN3O2. The first-order valence-corrected chi connectivity index (χ1v) is 7.56. The van der Waals surface area contributed by atoms with Gasteiger partial charge in [-0.2, -0.15) is 0 Å². The van der Waals surface area contributed by atoms with Crippen molar-refractivity contribution in [2.75, 3.05) is 12.4 Å². The summed E-state index contributed by atoms with van der Waals surface area (Å²) in [6.07, 6.45) is 5.06. The zero-order chi connectivity index (χ0) is 17.0. The average molecular weight is 305 g/mol. The molecule has 22 heavy (non-hydrogen) atoms. The molecular weight excluding hydrogens is 277 g/mol.